The van der Waals surface area contributed by atoms with E-state index in [4.69, 9.17) is 4.74 Å². The first kappa shape index (κ1) is 14.0. The van der Waals surface area contributed by atoms with Gasteiger partial charge < -0.3 is 4.74 Å². The van der Waals surface area contributed by atoms with Crippen molar-refractivity contribution in [1.82, 2.24) is 0 Å². The lowest BCUT2D eigenvalue weighted by Gasteiger charge is -2.42. The standard InChI is InChI=1S/C14H30NO/c1-5-8-11-15(10-7-3,12-9-6-2)14(4)13-16-14/h5-13H2,1-4H3/q+1. The van der Waals surface area contributed by atoms with Gasteiger partial charge >= 0.3 is 0 Å². The van der Waals surface area contributed by atoms with Crippen molar-refractivity contribution in [3.8, 4) is 0 Å². The van der Waals surface area contributed by atoms with Crippen molar-refractivity contribution < 1.29 is 9.22 Å². The summed E-state index contributed by atoms with van der Waals surface area (Å²) in [6.07, 6.45) is 6.54. The first-order valence-electron chi connectivity index (χ1n) is 7.14. The van der Waals surface area contributed by atoms with Gasteiger partial charge in [0.05, 0.1) is 19.6 Å². The molecule has 1 heterocycles. The van der Waals surface area contributed by atoms with Crippen LogP contribution in [0.5, 0.6) is 0 Å². The average molecular weight is 228 g/mol. The number of epoxide rings is 1. The molecule has 0 radical (unpaired) electrons. The fourth-order valence-electron chi connectivity index (χ4n) is 2.77. The minimum absolute atomic E-state index is 0.153. The largest absolute Gasteiger partial charge is 0.316 e. The normalized spacial score (nSPS) is 24.8. The summed E-state index contributed by atoms with van der Waals surface area (Å²) in [6.45, 7) is 14.1. The number of ether oxygens (including phenoxy) is 1. The zero-order chi connectivity index (χ0) is 12.1. The van der Waals surface area contributed by atoms with Crippen molar-refractivity contribution in [2.75, 3.05) is 26.2 Å². The van der Waals surface area contributed by atoms with Gasteiger partial charge in [-0.3, -0.25) is 4.48 Å². The van der Waals surface area contributed by atoms with E-state index in [1.165, 1.54) is 56.2 Å². The van der Waals surface area contributed by atoms with Crippen molar-refractivity contribution in [3.63, 3.8) is 0 Å². The summed E-state index contributed by atoms with van der Waals surface area (Å²) in [5, 5.41) is 0. The molecule has 1 fully saturated rings. The zero-order valence-electron chi connectivity index (χ0n) is 11.7. The smallest absolute Gasteiger partial charge is 0.224 e. The van der Waals surface area contributed by atoms with Gasteiger partial charge in [0.1, 0.15) is 6.61 Å². The van der Waals surface area contributed by atoms with Gasteiger partial charge in [0, 0.05) is 6.92 Å². The third kappa shape index (κ3) is 2.98. The third-order valence-corrected chi connectivity index (χ3v) is 4.10. The molecule has 0 aromatic carbocycles. The maximum Gasteiger partial charge on any atom is 0.224 e. The van der Waals surface area contributed by atoms with Gasteiger partial charge in [0.15, 0.2) is 0 Å². The van der Waals surface area contributed by atoms with Crippen molar-refractivity contribution >= 4 is 0 Å². The highest BCUT2D eigenvalue weighted by molar-refractivity contribution is 4.78. The van der Waals surface area contributed by atoms with Crippen LogP contribution >= 0.6 is 0 Å². The van der Waals surface area contributed by atoms with Gasteiger partial charge in [0.25, 0.3) is 0 Å². The minimum Gasteiger partial charge on any atom is -0.316 e. The second-order valence-electron chi connectivity index (χ2n) is 5.49. The first-order valence-corrected chi connectivity index (χ1v) is 7.14. The fourth-order valence-corrected chi connectivity index (χ4v) is 2.77. The summed E-state index contributed by atoms with van der Waals surface area (Å²) in [5.41, 5.74) is 0.153. The average Bonchev–Trinajstić information content (AvgIpc) is 3.02. The van der Waals surface area contributed by atoms with Gasteiger partial charge in [-0.2, -0.15) is 0 Å². The van der Waals surface area contributed by atoms with Crippen LogP contribution in [-0.2, 0) is 4.74 Å². The van der Waals surface area contributed by atoms with Crippen molar-refractivity contribution in [2.45, 2.75) is 65.5 Å². The Morgan fingerprint density at radius 1 is 0.938 bits per heavy atom. The molecule has 0 saturated carbocycles. The molecule has 1 saturated heterocycles. The van der Waals surface area contributed by atoms with E-state index in [1.54, 1.807) is 0 Å². The summed E-state index contributed by atoms with van der Waals surface area (Å²) in [6, 6.07) is 0. The topological polar surface area (TPSA) is 12.5 Å². The Morgan fingerprint density at radius 3 is 1.75 bits per heavy atom. The van der Waals surface area contributed by atoms with Gasteiger partial charge in [-0.25, -0.2) is 0 Å². The van der Waals surface area contributed by atoms with Gasteiger partial charge in [-0.05, 0) is 19.3 Å². The maximum absolute atomic E-state index is 5.78. The van der Waals surface area contributed by atoms with Crippen LogP contribution in [0.15, 0.2) is 0 Å². The molecule has 0 spiro atoms. The number of hydrogen-bond donors (Lipinski definition) is 0. The highest BCUT2D eigenvalue weighted by Gasteiger charge is 2.57. The molecule has 0 aromatic heterocycles. The molecular weight excluding hydrogens is 198 g/mol. The van der Waals surface area contributed by atoms with Crippen molar-refractivity contribution in [2.24, 2.45) is 0 Å². The Kier molecular flexibility index (Phi) is 5.26. The van der Waals surface area contributed by atoms with Gasteiger partial charge in [-0.1, -0.05) is 33.6 Å². The predicted molar refractivity (Wildman–Crippen MR) is 69.3 cm³/mol. The van der Waals surface area contributed by atoms with E-state index < -0.39 is 0 Å². The molecule has 0 bridgehead atoms. The lowest BCUT2D eigenvalue weighted by atomic mass is 10.1. The van der Waals surface area contributed by atoms with Crippen molar-refractivity contribution in [1.29, 1.82) is 0 Å². The Morgan fingerprint density at radius 2 is 1.44 bits per heavy atom. The molecule has 0 amide bonds. The molecule has 1 atom stereocenters. The Bertz CT molecular complexity index is 191. The number of unbranched alkanes of at least 4 members (excludes halogenated alkanes) is 2. The molecule has 0 N–H and O–H groups in total. The Balaban J connectivity index is 2.68. The molecular formula is C14H30NO+. The van der Waals surface area contributed by atoms with Crippen LogP contribution in [0.4, 0.5) is 0 Å². The van der Waals surface area contributed by atoms with Crippen LogP contribution in [0.2, 0.25) is 0 Å². The van der Waals surface area contributed by atoms with Crippen LogP contribution in [-0.4, -0.2) is 36.4 Å². The highest BCUT2D eigenvalue weighted by Crippen LogP contribution is 2.39. The van der Waals surface area contributed by atoms with E-state index in [0.717, 1.165) is 6.61 Å². The molecule has 16 heavy (non-hydrogen) atoms. The van der Waals surface area contributed by atoms with Crippen LogP contribution in [0.1, 0.15) is 59.8 Å². The van der Waals surface area contributed by atoms with E-state index in [-0.39, 0.29) is 5.72 Å². The SMILES string of the molecule is CCCC[N+](CCC)(CCCC)C1(C)CO1. The number of hydrogen-bond acceptors (Lipinski definition) is 1. The lowest BCUT2D eigenvalue weighted by molar-refractivity contribution is -0.970. The van der Waals surface area contributed by atoms with Crippen LogP contribution in [0.25, 0.3) is 0 Å². The monoisotopic (exact) mass is 228 g/mol. The maximum atomic E-state index is 5.78. The third-order valence-electron chi connectivity index (χ3n) is 4.10. The molecule has 1 rings (SSSR count). The van der Waals surface area contributed by atoms with E-state index in [1.807, 2.05) is 0 Å². The first-order chi connectivity index (χ1) is 7.64. The summed E-state index contributed by atoms with van der Waals surface area (Å²) in [5.74, 6) is 0. The van der Waals surface area contributed by atoms with Crippen molar-refractivity contribution in [3.05, 3.63) is 0 Å². The summed E-state index contributed by atoms with van der Waals surface area (Å²) < 4.78 is 6.99. The molecule has 1 aliphatic rings. The molecule has 0 aromatic rings. The summed E-state index contributed by atoms with van der Waals surface area (Å²) >= 11 is 0. The predicted octanol–water partition coefficient (Wildman–Crippen LogP) is 3.56. The molecule has 96 valence electrons. The molecule has 2 heteroatoms. The van der Waals surface area contributed by atoms with Gasteiger partial charge in [0.2, 0.25) is 5.72 Å². The highest BCUT2D eigenvalue weighted by atomic mass is 16.6. The quantitative estimate of drug-likeness (QED) is 0.434. The number of nitrogens with zero attached hydrogens (tertiary/aromatic N) is 1. The van der Waals surface area contributed by atoms with E-state index in [0.29, 0.717) is 0 Å². The molecule has 1 aliphatic heterocycles. The lowest BCUT2D eigenvalue weighted by Crippen LogP contribution is -2.58. The summed E-state index contributed by atoms with van der Waals surface area (Å²) in [4.78, 5) is 0. The fraction of sp³-hybridized carbons (Fsp3) is 1.00. The Hall–Kier alpha value is -0.0800. The van der Waals surface area contributed by atoms with Crippen LogP contribution < -0.4 is 0 Å². The zero-order valence-corrected chi connectivity index (χ0v) is 11.7. The molecule has 0 aliphatic carbocycles. The van der Waals surface area contributed by atoms with Crippen LogP contribution in [0, 0.1) is 0 Å². The Labute approximate surface area is 102 Å². The number of quaternary nitrogens is 1. The van der Waals surface area contributed by atoms with Gasteiger partial charge in [-0.15, -0.1) is 0 Å². The second kappa shape index (κ2) is 6.02. The number of rotatable bonds is 9. The summed E-state index contributed by atoms with van der Waals surface area (Å²) in [7, 11) is 0. The van der Waals surface area contributed by atoms with E-state index in [9.17, 15) is 0 Å². The second-order valence-corrected chi connectivity index (χ2v) is 5.49. The van der Waals surface area contributed by atoms with E-state index >= 15 is 0 Å². The molecule has 2 nitrogen and oxygen atoms in total. The van der Waals surface area contributed by atoms with Crippen LogP contribution in [0.3, 0.4) is 0 Å². The van der Waals surface area contributed by atoms with E-state index in [2.05, 4.69) is 27.7 Å². The molecule has 1 unspecified atom stereocenters. The minimum atomic E-state index is 0.153.